The fraction of sp³-hybridized carbons (Fsp3) is 0.438. The van der Waals surface area contributed by atoms with E-state index in [4.69, 9.17) is 10.8 Å². The van der Waals surface area contributed by atoms with Crippen molar-refractivity contribution in [2.45, 2.75) is 31.7 Å². The van der Waals surface area contributed by atoms with Crippen LogP contribution in [0.1, 0.15) is 35.4 Å². The average Bonchev–Trinajstić information content (AvgIpc) is 3.10. The van der Waals surface area contributed by atoms with Crippen molar-refractivity contribution in [2.75, 3.05) is 18.9 Å². The van der Waals surface area contributed by atoms with Crippen LogP contribution < -0.4 is 5.73 Å². The van der Waals surface area contributed by atoms with Gasteiger partial charge in [0.15, 0.2) is 0 Å². The number of aliphatic hydroxyl groups is 1. The number of nitrogens with two attached hydrogens (primary N) is 1. The highest BCUT2D eigenvalue weighted by Crippen LogP contribution is 2.31. The quantitative estimate of drug-likeness (QED) is 0.854. The maximum Gasteiger partial charge on any atom is 0.264 e. The van der Waals surface area contributed by atoms with Gasteiger partial charge in [-0.25, -0.2) is 0 Å². The van der Waals surface area contributed by atoms with Gasteiger partial charge >= 0.3 is 0 Å². The molecule has 3 N–H and O–H groups in total. The second kappa shape index (κ2) is 6.03. The molecule has 1 aromatic heterocycles. The van der Waals surface area contributed by atoms with E-state index >= 15 is 0 Å². The molecule has 1 saturated heterocycles. The topological polar surface area (TPSA) is 66.6 Å². The van der Waals surface area contributed by atoms with Gasteiger partial charge in [-0.2, -0.15) is 0 Å². The van der Waals surface area contributed by atoms with Crippen LogP contribution in [0, 0.1) is 0 Å². The first-order valence-corrected chi connectivity index (χ1v) is 8.21. The molecule has 2 aromatic rings. The van der Waals surface area contributed by atoms with Crippen molar-refractivity contribution >= 4 is 33.0 Å². The SMILES string of the molecule is Nc1ccc2sc(C(=O)N3CCCC3CCCO)cc2c1. The number of rotatable bonds is 4. The zero-order chi connectivity index (χ0) is 14.8. The van der Waals surface area contributed by atoms with Crippen molar-refractivity contribution < 1.29 is 9.90 Å². The summed E-state index contributed by atoms with van der Waals surface area (Å²) in [7, 11) is 0. The fourth-order valence-electron chi connectivity index (χ4n) is 3.04. The van der Waals surface area contributed by atoms with Crippen molar-refractivity contribution in [1.82, 2.24) is 4.90 Å². The first kappa shape index (κ1) is 14.4. The smallest absolute Gasteiger partial charge is 0.264 e. The summed E-state index contributed by atoms with van der Waals surface area (Å²) in [5.74, 6) is 0.121. The number of fused-ring (bicyclic) bond motifs is 1. The summed E-state index contributed by atoms with van der Waals surface area (Å²) in [6.07, 6.45) is 3.75. The van der Waals surface area contributed by atoms with E-state index in [0.29, 0.717) is 0 Å². The summed E-state index contributed by atoms with van der Waals surface area (Å²) < 4.78 is 1.10. The largest absolute Gasteiger partial charge is 0.399 e. The molecule has 5 heteroatoms. The standard InChI is InChI=1S/C16H20N2O2S/c17-12-5-6-14-11(9-12)10-15(21-14)16(20)18-7-1-3-13(18)4-2-8-19/h5-6,9-10,13,19H,1-4,7-8,17H2. The molecule has 1 aliphatic rings. The highest BCUT2D eigenvalue weighted by molar-refractivity contribution is 7.20. The molecule has 1 amide bonds. The van der Waals surface area contributed by atoms with E-state index in [1.165, 1.54) is 11.3 Å². The number of benzene rings is 1. The number of amides is 1. The number of likely N-dealkylation sites (tertiary alicyclic amines) is 1. The van der Waals surface area contributed by atoms with Crippen LogP contribution in [-0.2, 0) is 0 Å². The molecule has 1 fully saturated rings. The second-order valence-corrected chi connectivity index (χ2v) is 6.65. The molecular weight excluding hydrogens is 284 g/mol. The Kier molecular flexibility index (Phi) is 4.12. The van der Waals surface area contributed by atoms with E-state index < -0.39 is 0 Å². The third-order valence-corrected chi connectivity index (χ3v) is 5.19. The predicted octanol–water partition coefficient (Wildman–Crippen LogP) is 2.86. The molecule has 1 aromatic carbocycles. The number of nitrogens with zero attached hydrogens (tertiary/aromatic N) is 1. The summed E-state index contributed by atoms with van der Waals surface area (Å²) in [5.41, 5.74) is 6.52. The van der Waals surface area contributed by atoms with Gasteiger partial charge in [0, 0.05) is 29.6 Å². The molecule has 1 atom stereocenters. The summed E-state index contributed by atoms with van der Waals surface area (Å²) >= 11 is 1.53. The number of carbonyl (C=O) groups excluding carboxylic acids is 1. The highest BCUT2D eigenvalue weighted by atomic mass is 32.1. The van der Waals surface area contributed by atoms with E-state index in [0.717, 1.165) is 52.9 Å². The minimum Gasteiger partial charge on any atom is -0.399 e. The molecule has 0 bridgehead atoms. The summed E-state index contributed by atoms with van der Waals surface area (Å²) in [4.78, 5) is 15.5. The molecule has 3 rings (SSSR count). The van der Waals surface area contributed by atoms with Crippen LogP contribution >= 0.6 is 11.3 Å². The normalized spacial score (nSPS) is 18.5. The number of carbonyl (C=O) groups is 1. The maximum atomic E-state index is 12.7. The molecule has 1 aliphatic heterocycles. The van der Waals surface area contributed by atoms with Crippen molar-refractivity contribution in [3.8, 4) is 0 Å². The van der Waals surface area contributed by atoms with Crippen molar-refractivity contribution in [2.24, 2.45) is 0 Å². The van der Waals surface area contributed by atoms with Gasteiger partial charge in [-0.3, -0.25) is 4.79 Å². The Bertz CT molecular complexity index is 653. The van der Waals surface area contributed by atoms with E-state index in [1.54, 1.807) is 0 Å². The lowest BCUT2D eigenvalue weighted by Gasteiger charge is -2.23. The van der Waals surface area contributed by atoms with Crippen LogP contribution in [0.2, 0.25) is 0 Å². The maximum absolute atomic E-state index is 12.7. The molecule has 4 nitrogen and oxygen atoms in total. The average molecular weight is 304 g/mol. The van der Waals surface area contributed by atoms with Gasteiger partial charge in [0.2, 0.25) is 0 Å². The lowest BCUT2D eigenvalue weighted by Crippen LogP contribution is -2.35. The van der Waals surface area contributed by atoms with Crippen LogP contribution in [0.5, 0.6) is 0 Å². The van der Waals surface area contributed by atoms with Crippen molar-refractivity contribution in [3.63, 3.8) is 0 Å². The van der Waals surface area contributed by atoms with Gasteiger partial charge in [-0.1, -0.05) is 0 Å². The first-order valence-electron chi connectivity index (χ1n) is 7.40. The number of thiophene rings is 1. The number of hydrogen-bond donors (Lipinski definition) is 2. The second-order valence-electron chi connectivity index (χ2n) is 5.57. The van der Waals surface area contributed by atoms with Crippen LogP contribution in [0.4, 0.5) is 5.69 Å². The van der Waals surface area contributed by atoms with Gasteiger partial charge in [-0.05, 0) is 55.3 Å². The molecule has 0 radical (unpaired) electrons. The van der Waals surface area contributed by atoms with Crippen LogP contribution in [-0.4, -0.2) is 35.1 Å². The van der Waals surface area contributed by atoms with E-state index in [-0.39, 0.29) is 18.6 Å². The molecule has 21 heavy (non-hydrogen) atoms. The number of anilines is 1. The zero-order valence-corrected chi connectivity index (χ0v) is 12.7. The molecule has 1 unspecified atom stereocenters. The predicted molar refractivity (Wildman–Crippen MR) is 86.6 cm³/mol. The third kappa shape index (κ3) is 2.89. The van der Waals surface area contributed by atoms with Crippen molar-refractivity contribution in [1.29, 1.82) is 0 Å². The Morgan fingerprint density at radius 2 is 2.29 bits per heavy atom. The molecule has 0 spiro atoms. The van der Waals surface area contributed by atoms with Gasteiger partial charge in [0.1, 0.15) is 0 Å². The minimum atomic E-state index is 0.121. The first-order chi connectivity index (χ1) is 10.2. The van der Waals surface area contributed by atoms with Gasteiger partial charge in [0.05, 0.1) is 4.88 Å². The molecule has 112 valence electrons. The Morgan fingerprint density at radius 1 is 1.43 bits per heavy atom. The third-order valence-electron chi connectivity index (χ3n) is 4.08. The lowest BCUT2D eigenvalue weighted by atomic mass is 10.1. The minimum absolute atomic E-state index is 0.121. The zero-order valence-electron chi connectivity index (χ0n) is 11.9. The number of hydrogen-bond acceptors (Lipinski definition) is 4. The van der Waals surface area contributed by atoms with Gasteiger partial charge in [-0.15, -0.1) is 11.3 Å². The Morgan fingerprint density at radius 3 is 3.10 bits per heavy atom. The van der Waals surface area contributed by atoms with Crippen molar-refractivity contribution in [3.05, 3.63) is 29.1 Å². The molecule has 0 saturated carbocycles. The number of aliphatic hydroxyl groups excluding tert-OH is 1. The monoisotopic (exact) mass is 304 g/mol. The summed E-state index contributed by atoms with van der Waals surface area (Å²) in [6, 6.07) is 7.97. The van der Waals surface area contributed by atoms with E-state index in [2.05, 4.69) is 0 Å². The Hall–Kier alpha value is -1.59. The van der Waals surface area contributed by atoms with E-state index in [9.17, 15) is 4.79 Å². The fourth-order valence-corrected chi connectivity index (χ4v) is 4.04. The van der Waals surface area contributed by atoms with Crippen LogP contribution in [0.15, 0.2) is 24.3 Å². The molecule has 0 aliphatic carbocycles. The summed E-state index contributed by atoms with van der Waals surface area (Å²) in [6.45, 7) is 1.02. The number of nitrogen functional groups attached to an aromatic ring is 1. The lowest BCUT2D eigenvalue weighted by molar-refractivity contribution is 0.0729. The van der Waals surface area contributed by atoms with Crippen LogP contribution in [0.25, 0.3) is 10.1 Å². The van der Waals surface area contributed by atoms with Gasteiger partial charge in [0.25, 0.3) is 5.91 Å². The Balaban J connectivity index is 1.82. The van der Waals surface area contributed by atoms with E-state index in [1.807, 2.05) is 29.2 Å². The van der Waals surface area contributed by atoms with Gasteiger partial charge < -0.3 is 15.7 Å². The summed E-state index contributed by atoms with van der Waals surface area (Å²) in [5, 5.41) is 10.0. The highest BCUT2D eigenvalue weighted by Gasteiger charge is 2.29. The molecule has 2 heterocycles. The Labute approximate surface area is 128 Å². The molecular formula is C16H20N2O2S. The van der Waals surface area contributed by atoms with Crippen LogP contribution in [0.3, 0.4) is 0 Å².